The predicted octanol–water partition coefficient (Wildman–Crippen LogP) is 3.30. The maximum Gasteiger partial charge on any atom is 0.126 e. The highest BCUT2D eigenvalue weighted by atomic mass is 15.0. The molecule has 2 rings (SSSR count). The van der Waals surface area contributed by atoms with E-state index in [1.54, 1.807) is 0 Å². The number of aromatic nitrogens is 1. The molecule has 0 aromatic carbocycles. The van der Waals surface area contributed by atoms with Crippen LogP contribution in [0.4, 0.5) is 5.82 Å². The Balaban J connectivity index is 1.96. The molecule has 1 aromatic rings. The summed E-state index contributed by atoms with van der Waals surface area (Å²) in [6, 6.07) is 4.78. The van der Waals surface area contributed by atoms with Crippen molar-refractivity contribution in [2.24, 2.45) is 5.92 Å². The van der Waals surface area contributed by atoms with Gasteiger partial charge in [-0.1, -0.05) is 12.8 Å². The van der Waals surface area contributed by atoms with Crippen LogP contribution in [0.5, 0.6) is 0 Å². The van der Waals surface area contributed by atoms with Crippen LogP contribution >= 0.6 is 0 Å². The first-order chi connectivity index (χ1) is 7.13. The van der Waals surface area contributed by atoms with Gasteiger partial charge in [0.2, 0.25) is 0 Å². The first kappa shape index (κ1) is 10.5. The van der Waals surface area contributed by atoms with Crippen molar-refractivity contribution in [2.45, 2.75) is 46.1 Å². The van der Waals surface area contributed by atoms with E-state index in [0.717, 1.165) is 17.4 Å². The van der Waals surface area contributed by atoms with Crippen molar-refractivity contribution < 1.29 is 0 Å². The Morgan fingerprint density at radius 2 is 2.13 bits per heavy atom. The van der Waals surface area contributed by atoms with Crippen molar-refractivity contribution >= 4 is 5.82 Å². The number of aryl methyl sites for hydroxylation is 2. The third kappa shape index (κ3) is 3.22. The minimum absolute atomic E-state index is 0.547. The summed E-state index contributed by atoms with van der Waals surface area (Å²) in [4.78, 5) is 4.49. The number of nitrogens with one attached hydrogen (secondary N) is 1. The summed E-state index contributed by atoms with van der Waals surface area (Å²) in [5.74, 6) is 2.00. The Hall–Kier alpha value is -1.05. The van der Waals surface area contributed by atoms with E-state index >= 15 is 0 Å². The molecule has 1 heterocycles. The van der Waals surface area contributed by atoms with E-state index in [1.807, 2.05) is 6.92 Å². The lowest BCUT2D eigenvalue weighted by atomic mass is 10.1. The average Bonchev–Trinajstić information content (AvgIpc) is 2.85. The summed E-state index contributed by atoms with van der Waals surface area (Å²) in [5, 5.41) is 3.48. The van der Waals surface area contributed by atoms with Gasteiger partial charge in [-0.2, -0.15) is 0 Å². The van der Waals surface area contributed by atoms with Gasteiger partial charge in [-0.15, -0.1) is 0 Å². The van der Waals surface area contributed by atoms with Crippen molar-refractivity contribution in [3.8, 4) is 0 Å². The van der Waals surface area contributed by atoms with E-state index in [-0.39, 0.29) is 0 Å². The maximum absolute atomic E-state index is 4.49. The summed E-state index contributed by atoms with van der Waals surface area (Å²) in [6.45, 7) is 6.41. The largest absolute Gasteiger partial charge is 0.368 e. The second-order valence-electron chi connectivity index (χ2n) is 4.90. The fourth-order valence-corrected chi connectivity index (χ4v) is 2.08. The van der Waals surface area contributed by atoms with Crippen molar-refractivity contribution in [3.05, 3.63) is 23.4 Å². The average molecular weight is 204 g/mol. The van der Waals surface area contributed by atoms with E-state index in [1.165, 1.54) is 24.8 Å². The highest BCUT2D eigenvalue weighted by Gasteiger charge is 2.23. The van der Waals surface area contributed by atoms with Gasteiger partial charge < -0.3 is 5.32 Å². The lowest BCUT2D eigenvalue weighted by Crippen LogP contribution is -2.16. The van der Waals surface area contributed by atoms with Crippen LogP contribution in [0.3, 0.4) is 0 Å². The monoisotopic (exact) mass is 204 g/mol. The molecule has 0 spiro atoms. The highest BCUT2D eigenvalue weighted by molar-refractivity contribution is 5.39. The summed E-state index contributed by atoms with van der Waals surface area (Å²) in [7, 11) is 0. The molecule has 0 amide bonds. The van der Waals surface area contributed by atoms with Crippen molar-refractivity contribution in [3.63, 3.8) is 0 Å². The summed E-state index contributed by atoms with van der Waals surface area (Å²) in [5.41, 5.74) is 2.37. The summed E-state index contributed by atoms with van der Waals surface area (Å²) < 4.78 is 0. The number of nitrogens with zero attached hydrogens (tertiary/aromatic N) is 1. The third-order valence-corrected chi connectivity index (χ3v) is 2.88. The lowest BCUT2D eigenvalue weighted by Gasteiger charge is -2.14. The van der Waals surface area contributed by atoms with Gasteiger partial charge in [-0.3, -0.25) is 0 Å². The van der Waals surface area contributed by atoms with Gasteiger partial charge in [0.05, 0.1) is 0 Å². The topological polar surface area (TPSA) is 24.9 Å². The van der Waals surface area contributed by atoms with Crippen molar-refractivity contribution in [1.29, 1.82) is 0 Å². The minimum Gasteiger partial charge on any atom is -0.368 e. The lowest BCUT2D eigenvalue weighted by molar-refractivity contribution is 0.640. The molecule has 0 bridgehead atoms. The van der Waals surface area contributed by atoms with Crippen LogP contribution in [0.25, 0.3) is 0 Å². The first-order valence-electron chi connectivity index (χ1n) is 5.85. The van der Waals surface area contributed by atoms with Gasteiger partial charge >= 0.3 is 0 Å². The molecule has 1 N–H and O–H groups in total. The van der Waals surface area contributed by atoms with Gasteiger partial charge in [0.1, 0.15) is 5.82 Å². The van der Waals surface area contributed by atoms with Gasteiger partial charge in [-0.05, 0) is 50.8 Å². The number of hydrogen-bond acceptors (Lipinski definition) is 2. The van der Waals surface area contributed by atoms with Gasteiger partial charge in [0, 0.05) is 11.7 Å². The van der Waals surface area contributed by atoms with Gasteiger partial charge in [-0.25, -0.2) is 4.98 Å². The van der Waals surface area contributed by atoms with Crippen LogP contribution < -0.4 is 5.32 Å². The predicted molar refractivity (Wildman–Crippen MR) is 64.1 cm³/mol. The van der Waals surface area contributed by atoms with Crippen LogP contribution in [0.1, 0.15) is 37.4 Å². The SMILES string of the molecule is Cc1cc(C)nc(NC(C)CC2CC2)c1. The quantitative estimate of drug-likeness (QED) is 0.814. The molecule has 1 atom stereocenters. The summed E-state index contributed by atoms with van der Waals surface area (Å²) in [6.07, 6.45) is 4.13. The number of rotatable bonds is 4. The molecule has 1 aliphatic carbocycles. The molecule has 1 fully saturated rings. The molecule has 2 nitrogen and oxygen atoms in total. The van der Waals surface area contributed by atoms with Crippen molar-refractivity contribution in [1.82, 2.24) is 4.98 Å². The standard InChI is InChI=1S/C13H20N2/c1-9-6-10(2)14-13(7-9)15-11(3)8-12-4-5-12/h6-7,11-12H,4-5,8H2,1-3H3,(H,14,15). The van der Waals surface area contributed by atoms with E-state index in [2.05, 4.69) is 36.3 Å². The number of hydrogen-bond donors (Lipinski definition) is 1. The van der Waals surface area contributed by atoms with Crippen LogP contribution in [0, 0.1) is 19.8 Å². The highest BCUT2D eigenvalue weighted by Crippen LogP contribution is 2.33. The second-order valence-corrected chi connectivity index (χ2v) is 4.90. The van der Waals surface area contributed by atoms with Crippen LogP contribution in [0.2, 0.25) is 0 Å². The molecule has 1 aromatic heterocycles. The van der Waals surface area contributed by atoms with E-state index in [4.69, 9.17) is 0 Å². The zero-order valence-electron chi connectivity index (χ0n) is 9.88. The normalized spacial score (nSPS) is 17.5. The molecule has 0 radical (unpaired) electrons. The first-order valence-corrected chi connectivity index (χ1v) is 5.85. The Morgan fingerprint density at radius 3 is 2.73 bits per heavy atom. The molecule has 0 saturated heterocycles. The van der Waals surface area contributed by atoms with Gasteiger partial charge in [0.25, 0.3) is 0 Å². The molecular formula is C13H20N2. The van der Waals surface area contributed by atoms with Crippen LogP contribution in [-0.4, -0.2) is 11.0 Å². The Morgan fingerprint density at radius 1 is 1.40 bits per heavy atom. The Labute approximate surface area is 92.1 Å². The zero-order valence-corrected chi connectivity index (χ0v) is 9.88. The van der Waals surface area contributed by atoms with Crippen LogP contribution in [-0.2, 0) is 0 Å². The zero-order chi connectivity index (χ0) is 10.8. The van der Waals surface area contributed by atoms with E-state index in [0.29, 0.717) is 6.04 Å². The van der Waals surface area contributed by atoms with Gasteiger partial charge in [0.15, 0.2) is 0 Å². The molecule has 1 unspecified atom stereocenters. The molecule has 15 heavy (non-hydrogen) atoms. The van der Waals surface area contributed by atoms with Crippen LogP contribution in [0.15, 0.2) is 12.1 Å². The second kappa shape index (κ2) is 4.21. The molecule has 1 saturated carbocycles. The number of pyridine rings is 1. The molecule has 82 valence electrons. The molecule has 2 heteroatoms. The smallest absolute Gasteiger partial charge is 0.126 e. The van der Waals surface area contributed by atoms with Crippen molar-refractivity contribution in [2.75, 3.05) is 5.32 Å². The van der Waals surface area contributed by atoms with E-state index in [9.17, 15) is 0 Å². The summed E-state index contributed by atoms with van der Waals surface area (Å²) >= 11 is 0. The Kier molecular flexibility index (Phi) is 2.94. The Bertz CT molecular complexity index is 322. The molecular weight excluding hydrogens is 184 g/mol. The third-order valence-electron chi connectivity index (χ3n) is 2.88. The molecule has 1 aliphatic rings. The molecule has 0 aliphatic heterocycles. The fraction of sp³-hybridized carbons (Fsp3) is 0.615. The number of anilines is 1. The van der Waals surface area contributed by atoms with E-state index < -0.39 is 0 Å². The fourth-order valence-electron chi connectivity index (χ4n) is 2.08. The maximum atomic E-state index is 4.49. The minimum atomic E-state index is 0.547.